The van der Waals surface area contributed by atoms with Crippen molar-refractivity contribution in [2.45, 2.75) is 52.4 Å². The van der Waals surface area contributed by atoms with E-state index in [-0.39, 0.29) is 54.0 Å². The summed E-state index contributed by atoms with van der Waals surface area (Å²) in [5, 5.41) is 16.4. The van der Waals surface area contributed by atoms with E-state index in [9.17, 15) is 19.2 Å². The Labute approximate surface area is 298 Å². The van der Waals surface area contributed by atoms with E-state index in [1.807, 2.05) is 0 Å². The molecule has 0 bridgehead atoms. The molecule has 0 saturated heterocycles. The number of nitrogens with one attached hydrogen (secondary N) is 4. The van der Waals surface area contributed by atoms with Crippen molar-refractivity contribution in [2.75, 3.05) is 32.2 Å². The second-order valence-electron chi connectivity index (χ2n) is 11.5. The number of amides is 3. The highest BCUT2D eigenvalue weighted by atomic mass is 35.5. The third-order valence-corrected chi connectivity index (χ3v) is 7.86. The van der Waals surface area contributed by atoms with Gasteiger partial charge in [0.1, 0.15) is 17.3 Å². The summed E-state index contributed by atoms with van der Waals surface area (Å²) in [7, 11) is 1.48. The van der Waals surface area contributed by atoms with Crippen LogP contribution in [0.1, 0.15) is 94.8 Å². The van der Waals surface area contributed by atoms with Crippen LogP contribution in [0.15, 0.2) is 55.1 Å². The van der Waals surface area contributed by atoms with Gasteiger partial charge in [-0.15, -0.1) is 12.4 Å². The number of halogens is 1. The van der Waals surface area contributed by atoms with Gasteiger partial charge < -0.3 is 24.8 Å². The average molecular weight is 706 g/mol. The summed E-state index contributed by atoms with van der Waals surface area (Å²) in [5.41, 5.74) is 2.03. The van der Waals surface area contributed by atoms with Crippen LogP contribution in [0, 0.1) is 11.3 Å². The van der Waals surface area contributed by atoms with Gasteiger partial charge in [0.15, 0.2) is 5.69 Å². The molecule has 1 aromatic heterocycles. The molecule has 0 radical (unpaired) electrons. The summed E-state index contributed by atoms with van der Waals surface area (Å²) >= 11 is 0. The largest absolute Gasteiger partial charge is 0.496 e. The molecule has 4 N–H and O–H groups in total. The Balaban J connectivity index is 0.00000676. The fourth-order valence-corrected chi connectivity index (χ4v) is 4.97. The quantitative estimate of drug-likeness (QED) is 0.0533. The number of hydrogen-bond acceptors (Lipinski definition) is 9. The first-order chi connectivity index (χ1) is 23.7. The lowest BCUT2D eigenvalue weighted by molar-refractivity contribution is 0.0520. The molecule has 1 aliphatic rings. The fraction of sp³-hybridized carbons (Fsp3) is 0.351. The first kappa shape index (κ1) is 39.2. The number of esters is 1. The van der Waals surface area contributed by atoms with Crippen LogP contribution in [-0.4, -0.2) is 61.6 Å². The molecule has 266 valence electrons. The number of anilines is 1. The van der Waals surface area contributed by atoms with E-state index in [4.69, 9.17) is 19.6 Å². The van der Waals surface area contributed by atoms with Gasteiger partial charge in [0.05, 0.1) is 20.3 Å². The Morgan fingerprint density at radius 3 is 2.34 bits per heavy atom. The molecule has 1 heterocycles. The van der Waals surface area contributed by atoms with E-state index < -0.39 is 23.9 Å². The molecular weight excluding hydrogens is 662 g/mol. The van der Waals surface area contributed by atoms with Crippen LogP contribution in [0.2, 0.25) is 0 Å². The predicted octanol–water partition coefficient (Wildman–Crippen LogP) is 7.02. The molecule has 13 heteroatoms. The predicted molar refractivity (Wildman–Crippen MR) is 194 cm³/mol. The number of carbonyl (C=O) groups is 4. The Kier molecular flexibility index (Phi) is 15.0. The van der Waals surface area contributed by atoms with Crippen molar-refractivity contribution in [1.82, 2.24) is 15.6 Å². The highest BCUT2D eigenvalue weighted by Crippen LogP contribution is 2.35. The number of unbranched alkanes of at least 4 members (excludes halogenated alkanes) is 3. The van der Waals surface area contributed by atoms with Gasteiger partial charge >= 0.3 is 12.1 Å². The fourth-order valence-electron chi connectivity index (χ4n) is 4.97. The lowest BCUT2D eigenvalue weighted by atomic mass is 9.94. The summed E-state index contributed by atoms with van der Waals surface area (Å²) in [6.45, 7) is 8.48. The van der Waals surface area contributed by atoms with Crippen LogP contribution in [0.25, 0.3) is 17.2 Å². The second-order valence-corrected chi connectivity index (χ2v) is 11.5. The lowest BCUT2D eigenvalue weighted by Crippen LogP contribution is -2.31. The summed E-state index contributed by atoms with van der Waals surface area (Å²) < 4.78 is 16.0. The minimum atomic E-state index is -0.750. The molecule has 2 aromatic carbocycles. The van der Waals surface area contributed by atoms with Crippen LogP contribution in [0.5, 0.6) is 5.75 Å². The van der Waals surface area contributed by atoms with Gasteiger partial charge in [-0.3, -0.25) is 20.3 Å². The van der Waals surface area contributed by atoms with Gasteiger partial charge in [-0.1, -0.05) is 38.8 Å². The molecule has 3 aromatic rings. The van der Waals surface area contributed by atoms with Crippen molar-refractivity contribution >= 4 is 53.9 Å². The zero-order chi connectivity index (χ0) is 35.3. The number of nitrogens with zero attached hydrogens (tertiary/aromatic N) is 1. The number of amidine groups is 1. The molecule has 0 unspecified atom stereocenters. The van der Waals surface area contributed by atoms with Crippen LogP contribution < -0.4 is 20.7 Å². The first-order valence-electron chi connectivity index (χ1n) is 16.4. The van der Waals surface area contributed by atoms with Gasteiger partial charge in [0.25, 0.3) is 11.8 Å². The third kappa shape index (κ3) is 10.6. The zero-order valence-corrected chi connectivity index (χ0v) is 29.4. The van der Waals surface area contributed by atoms with Gasteiger partial charge in [-0.2, -0.15) is 0 Å². The number of rotatable bonds is 16. The molecule has 0 spiro atoms. The summed E-state index contributed by atoms with van der Waals surface area (Å²) in [4.78, 5) is 56.3. The van der Waals surface area contributed by atoms with Crippen molar-refractivity contribution in [2.24, 2.45) is 5.92 Å². The van der Waals surface area contributed by atoms with E-state index in [1.54, 1.807) is 55.5 Å². The normalized spacial score (nSPS) is 11.7. The summed E-state index contributed by atoms with van der Waals surface area (Å²) in [5.74, 6) is -0.967. The maximum Gasteiger partial charge on any atom is 0.412 e. The number of carbonyl (C=O) groups excluding carboxylic acids is 4. The molecule has 3 amide bonds. The SMILES string of the molecule is C=Cc1cc(C(=O)Nc2ccc(C(=N)NC(=O)OCCCCCC)cc2)c(-c2ccc(C(=O)NCC3CC3)nc2C(=O)OCC)cc1OC.Cl. The number of alkyl carbamates (subject to hydrolysis) is 1. The molecule has 4 rings (SSSR count). The number of hydrogen-bond donors (Lipinski definition) is 4. The molecule has 0 aliphatic heterocycles. The third-order valence-electron chi connectivity index (χ3n) is 7.86. The monoisotopic (exact) mass is 705 g/mol. The molecule has 1 aliphatic carbocycles. The van der Waals surface area contributed by atoms with Gasteiger partial charge in [-0.05, 0) is 80.6 Å². The van der Waals surface area contributed by atoms with Crippen molar-refractivity contribution < 1.29 is 33.4 Å². The Morgan fingerprint density at radius 2 is 1.70 bits per heavy atom. The lowest BCUT2D eigenvalue weighted by Gasteiger charge is -2.17. The molecule has 1 saturated carbocycles. The number of methoxy groups -OCH3 is 1. The van der Waals surface area contributed by atoms with Crippen LogP contribution >= 0.6 is 12.4 Å². The van der Waals surface area contributed by atoms with E-state index in [0.717, 1.165) is 38.5 Å². The molecule has 50 heavy (non-hydrogen) atoms. The molecule has 1 fully saturated rings. The van der Waals surface area contributed by atoms with Crippen LogP contribution in [0.4, 0.5) is 10.5 Å². The van der Waals surface area contributed by atoms with E-state index in [2.05, 4.69) is 34.4 Å². The summed E-state index contributed by atoms with van der Waals surface area (Å²) in [6, 6.07) is 12.6. The van der Waals surface area contributed by atoms with E-state index >= 15 is 0 Å². The molecule has 12 nitrogen and oxygen atoms in total. The van der Waals surface area contributed by atoms with Crippen molar-refractivity contribution in [3.05, 3.63) is 83.2 Å². The number of ether oxygens (including phenoxy) is 3. The topological polar surface area (TPSA) is 169 Å². The van der Waals surface area contributed by atoms with E-state index in [1.165, 1.54) is 13.2 Å². The summed E-state index contributed by atoms with van der Waals surface area (Å²) in [6.07, 6.45) is 6.84. The van der Waals surface area contributed by atoms with Crippen molar-refractivity contribution in [1.29, 1.82) is 5.41 Å². The minimum Gasteiger partial charge on any atom is -0.496 e. The Hall–Kier alpha value is -5.23. The van der Waals surface area contributed by atoms with Gasteiger partial charge in [-0.25, -0.2) is 14.6 Å². The van der Waals surface area contributed by atoms with Crippen molar-refractivity contribution in [3.8, 4) is 16.9 Å². The average Bonchev–Trinajstić information content (AvgIpc) is 3.94. The Morgan fingerprint density at radius 1 is 0.960 bits per heavy atom. The molecular formula is C37H44ClN5O7. The van der Waals surface area contributed by atoms with Crippen LogP contribution in [0.3, 0.4) is 0 Å². The van der Waals surface area contributed by atoms with E-state index in [0.29, 0.717) is 40.6 Å². The smallest absolute Gasteiger partial charge is 0.412 e. The standard InChI is InChI=1S/C37H43N5O7.ClH/c1-5-8-9-10-19-49-37(46)42-33(38)25-13-15-26(16-14-25)40-34(43)29-20-24(6-2)31(47-4)21-28(29)27-17-18-30(35(44)39-22-23-11-12-23)41-32(27)36(45)48-7-3;/h6,13-18,20-21,23H,2,5,7-12,19,22H2,1,3-4H3,(H,39,44)(H,40,43)(H2,38,42,46);1H. The number of aromatic nitrogens is 1. The minimum absolute atomic E-state index is 0. The van der Waals surface area contributed by atoms with Crippen molar-refractivity contribution in [3.63, 3.8) is 0 Å². The molecule has 0 atom stereocenters. The van der Waals surface area contributed by atoms with Gasteiger partial charge in [0, 0.05) is 40.0 Å². The number of benzene rings is 2. The highest BCUT2D eigenvalue weighted by molar-refractivity contribution is 6.11. The Bertz CT molecular complexity index is 1710. The highest BCUT2D eigenvalue weighted by Gasteiger charge is 2.26. The number of pyridine rings is 1. The van der Waals surface area contributed by atoms with Gasteiger partial charge in [0.2, 0.25) is 0 Å². The van der Waals surface area contributed by atoms with Crippen LogP contribution in [-0.2, 0) is 9.47 Å². The maximum atomic E-state index is 13.8. The zero-order valence-electron chi connectivity index (χ0n) is 28.6. The maximum absolute atomic E-state index is 13.8. The first-order valence-corrected chi connectivity index (χ1v) is 16.4. The second kappa shape index (κ2) is 19.1.